The molecule has 1 heterocycles. The largest absolute Gasteiger partial charge is 0.326 e. The van der Waals surface area contributed by atoms with Gasteiger partial charge in [-0.1, -0.05) is 17.8 Å². The van der Waals surface area contributed by atoms with Crippen molar-refractivity contribution in [2.45, 2.75) is 11.7 Å². The van der Waals surface area contributed by atoms with Gasteiger partial charge in [0.2, 0.25) is 11.8 Å². The number of anilines is 1. The van der Waals surface area contributed by atoms with Crippen LogP contribution in [0.25, 0.3) is 0 Å². The quantitative estimate of drug-likeness (QED) is 0.817. The Balaban J connectivity index is 1.89. The van der Waals surface area contributed by atoms with Crippen molar-refractivity contribution in [2.24, 2.45) is 4.99 Å². The van der Waals surface area contributed by atoms with E-state index in [1.807, 2.05) is 0 Å². The van der Waals surface area contributed by atoms with E-state index in [-0.39, 0.29) is 24.1 Å². The van der Waals surface area contributed by atoms with E-state index in [9.17, 15) is 14.0 Å². The first kappa shape index (κ1) is 15.2. The summed E-state index contributed by atoms with van der Waals surface area (Å²) < 4.78 is 12.8. The monoisotopic (exact) mass is 307 g/mol. The smallest absolute Gasteiger partial charge is 0.240 e. The van der Waals surface area contributed by atoms with E-state index in [0.29, 0.717) is 17.4 Å². The van der Waals surface area contributed by atoms with E-state index in [1.165, 1.54) is 36.0 Å². The maximum absolute atomic E-state index is 12.8. The summed E-state index contributed by atoms with van der Waals surface area (Å²) in [4.78, 5) is 27.7. The number of hydrogen-bond acceptors (Lipinski definition) is 4. The molecule has 21 heavy (non-hydrogen) atoms. The van der Waals surface area contributed by atoms with Crippen molar-refractivity contribution in [2.75, 3.05) is 11.9 Å². The Hall–Kier alpha value is -2.15. The lowest BCUT2D eigenvalue weighted by molar-refractivity contribution is -0.122. The van der Waals surface area contributed by atoms with Crippen LogP contribution in [0.2, 0.25) is 0 Å². The standard InChI is InChI=1S/C14H14FN3O2S/c1-2-7-16-14-18-13(20)11(21-14)8-12(19)17-10-5-3-9(15)4-6-10/h2-6,11H,1,7-8H2,(H,17,19)(H,16,18,20)/t11-/m0/s1. The molecule has 110 valence electrons. The Bertz CT molecular complexity index is 586. The van der Waals surface area contributed by atoms with E-state index in [0.717, 1.165) is 0 Å². The molecule has 1 aliphatic rings. The number of carbonyl (C=O) groups excluding carboxylic acids is 2. The van der Waals surface area contributed by atoms with Gasteiger partial charge in [0.15, 0.2) is 5.17 Å². The average Bonchev–Trinajstić information content (AvgIpc) is 2.79. The molecule has 2 N–H and O–H groups in total. The summed E-state index contributed by atoms with van der Waals surface area (Å²) in [6, 6.07) is 5.44. The molecular formula is C14H14FN3O2S. The van der Waals surface area contributed by atoms with Gasteiger partial charge in [-0.25, -0.2) is 4.39 Å². The lowest BCUT2D eigenvalue weighted by Gasteiger charge is -2.07. The van der Waals surface area contributed by atoms with Crippen LogP contribution in [0.1, 0.15) is 6.42 Å². The van der Waals surface area contributed by atoms with E-state index in [2.05, 4.69) is 22.2 Å². The summed E-state index contributed by atoms with van der Waals surface area (Å²) >= 11 is 1.22. The van der Waals surface area contributed by atoms with Gasteiger partial charge >= 0.3 is 0 Å². The minimum absolute atomic E-state index is 0.0288. The highest BCUT2D eigenvalue weighted by molar-refractivity contribution is 8.15. The summed E-state index contributed by atoms with van der Waals surface area (Å²) in [5.41, 5.74) is 0.491. The first-order valence-electron chi connectivity index (χ1n) is 6.27. The van der Waals surface area contributed by atoms with Crippen LogP contribution in [0, 0.1) is 5.82 Å². The number of benzene rings is 1. The molecule has 1 saturated heterocycles. The van der Waals surface area contributed by atoms with Gasteiger partial charge in [-0.3, -0.25) is 14.6 Å². The number of halogens is 1. The van der Waals surface area contributed by atoms with Crippen LogP contribution in [-0.2, 0) is 9.59 Å². The zero-order valence-electron chi connectivity index (χ0n) is 11.1. The van der Waals surface area contributed by atoms with E-state index >= 15 is 0 Å². The summed E-state index contributed by atoms with van der Waals surface area (Å²) in [5, 5.41) is 5.23. The van der Waals surface area contributed by atoms with Crippen molar-refractivity contribution in [1.82, 2.24) is 5.32 Å². The molecule has 1 aromatic rings. The molecule has 2 rings (SSSR count). The fourth-order valence-corrected chi connectivity index (χ4v) is 2.65. The maximum Gasteiger partial charge on any atom is 0.240 e. The van der Waals surface area contributed by atoms with E-state index in [1.54, 1.807) is 6.08 Å². The first-order valence-corrected chi connectivity index (χ1v) is 7.14. The fourth-order valence-electron chi connectivity index (χ4n) is 1.68. The van der Waals surface area contributed by atoms with E-state index < -0.39 is 5.25 Å². The number of nitrogens with one attached hydrogen (secondary N) is 2. The number of carbonyl (C=O) groups is 2. The van der Waals surface area contributed by atoms with Crippen molar-refractivity contribution in [3.05, 3.63) is 42.7 Å². The van der Waals surface area contributed by atoms with Gasteiger partial charge in [-0.15, -0.1) is 6.58 Å². The fraction of sp³-hybridized carbons (Fsp3) is 0.214. The van der Waals surface area contributed by atoms with Crippen LogP contribution < -0.4 is 10.6 Å². The number of thioether (sulfide) groups is 1. The van der Waals surface area contributed by atoms with Gasteiger partial charge in [0.1, 0.15) is 11.1 Å². The molecule has 1 aromatic carbocycles. The Morgan fingerprint density at radius 1 is 1.48 bits per heavy atom. The van der Waals surface area contributed by atoms with Crippen molar-refractivity contribution in [3.8, 4) is 0 Å². The normalized spacial score (nSPS) is 19.4. The minimum atomic E-state index is -0.506. The van der Waals surface area contributed by atoms with Crippen molar-refractivity contribution in [1.29, 1.82) is 0 Å². The topological polar surface area (TPSA) is 70.6 Å². The highest BCUT2D eigenvalue weighted by Gasteiger charge is 2.31. The van der Waals surface area contributed by atoms with Gasteiger partial charge in [0.25, 0.3) is 0 Å². The predicted molar refractivity (Wildman–Crippen MR) is 81.7 cm³/mol. The second-order valence-corrected chi connectivity index (χ2v) is 5.48. The lowest BCUT2D eigenvalue weighted by atomic mass is 10.2. The molecule has 5 nitrogen and oxygen atoms in total. The number of rotatable bonds is 5. The maximum atomic E-state index is 12.8. The molecule has 0 aliphatic carbocycles. The molecule has 7 heteroatoms. The molecule has 0 aromatic heterocycles. The van der Waals surface area contributed by atoms with Gasteiger partial charge < -0.3 is 10.6 Å². The van der Waals surface area contributed by atoms with Crippen molar-refractivity contribution in [3.63, 3.8) is 0 Å². The Labute approximate surface area is 125 Å². The van der Waals surface area contributed by atoms with E-state index in [4.69, 9.17) is 0 Å². The summed E-state index contributed by atoms with van der Waals surface area (Å²) in [7, 11) is 0. The van der Waals surface area contributed by atoms with Gasteiger partial charge in [0.05, 0.1) is 6.54 Å². The Kier molecular flexibility index (Phi) is 5.10. The Morgan fingerprint density at radius 3 is 2.86 bits per heavy atom. The molecule has 0 spiro atoms. The molecule has 0 bridgehead atoms. The molecule has 0 unspecified atom stereocenters. The SMILES string of the molecule is C=CCN=C1NC(=O)[C@H](CC(=O)Nc2ccc(F)cc2)S1. The summed E-state index contributed by atoms with van der Waals surface area (Å²) in [6.45, 7) is 3.96. The molecular weight excluding hydrogens is 293 g/mol. The zero-order chi connectivity index (χ0) is 15.2. The van der Waals surface area contributed by atoms with Gasteiger partial charge in [-0.05, 0) is 24.3 Å². The highest BCUT2D eigenvalue weighted by atomic mass is 32.2. The second-order valence-electron chi connectivity index (χ2n) is 4.29. The summed E-state index contributed by atoms with van der Waals surface area (Å²) in [5.74, 6) is -0.918. The minimum Gasteiger partial charge on any atom is -0.326 e. The third-order valence-electron chi connectivity index (χ3n) is 2.64. The number of hydrogen-bond donors (Lipinski definition) is 2. The molecule has 1 fully saturated rings. The van der Waals surface area contributed by atoms with Gasteiger partial charge in [-0.2, -0.15) is 0 Å². The first-order chi connectivity index (χ1) is 10.1. The number of amides is 2. The zero-order valence-corrected chi connectivity index (χ0v) is 12.0. The predicted octanol–water partition coefficient (Wildman–Crippen LogP) is 1.93. The van der Waals surface area contributed by atoms with Crippen LogP contribution in [0.15, 0.2) is 41.9 Å². The third-order valence-corrected chi connectivity index (χ3v) is 3.76. The van der Waals surface area contributed by atoms with Crippen LogP contribution in [0.3, 0.4) is 0 Å². The van der Waals surface area contributed by atoms with Crippen LogP contribution in [0.4, 0.5) is 10.1 Å². The number of amidine groups is 1. The van der Waals surface area contributed by atoms with Crippen molar-refractivity contribution >= 4 is 34.4 Å². The summed E-state index contributed by atoms with van der Waals surface area (Å²) in [6.07, 6.45) is 1.65. The number of nitrogens with zero attached hydrogens (tertiary/aromatic N) is 1. The molecule has 2 amide bonds. The Morgan fingerprint density at radius 2 is 2.19 bits per heavy atom. The van der Waals surface area contributed by atoms with Crippen LogP contribution in [0.5, 0.6) is 0 Å². The molecule has 0 radical (unpaired) electrons. The third kappa shape index (κ3) is 4.42. The van der Waals surface area contributed by atoms with Crippen LogP contribution in [-0.4, -0.2) is 28.8 Å². The molecule has 0 saturated carbocycles. The highest BCUT2D eigenvalue weighted by Crippen LogP contribution is 2.23. The number of aliphatic imine (C=N–C) groups is 1. The molecule has 1 atom stereocenters. The van der Waals surface area contributed by atoms with Crippen molar-refractivity contribution < 1.29 is 14.0 Å². The lowest BCUT2D eigenvalue weighted by Crippen LogP contribution is -2.28. The second kappa shape index (κ2) is 7.03. The molecule has 1 aliphatic heterocycles. The van der Waals surface area contributed by atoms with Crippen LogP contribution >= 0.6 is 11.8 Å². The van der Waals surface area contributed by atoms with Gasteiger partial charge in [0, 0.05) is 12.1 Å². The average molecular weight is 307 g/mol.